The van der Waals surface area contributed by atoms with Gasteiger partial charge in [-0.15, -0.1) is 0 Å². The van der Waals surface area contributed by atoms with Crippen LogP contribution in [0.15, 0.2) is 30.3 Å². The molecule has 0 aliphatic heterocycles. The summed E-state index contributed by atoms with van der Waals surface area (Å²) in [5.41, 5.74) is 1.23. The average Bonchev–Trinajstić information content (AvgIpc) is 2.39. The Bertz CT molecular complexity index is 486. The van der Waals surface area contributed by atoms with Gasteiger partial charge < -0.3 is 10.2 Å². The van der Waals surface area contributed by atoms with Gasteiger partial charge in [0.2, 0.25) is 0 Å². The molecule has 0 aliphatic rings. The Balaban J connectivity index is 2.61. The smallest absolute Gasteiger partial charge is 0.151 e. The number of nitrogens with zero attached hydrogens (tertiary/aromatic N) is 1. The maximum absolute atomic E-state index is 11.6. The van der Waals surface area contributed by atoms with Crippen LogP contribution in [0.5, 0.6) is 0 Å². The van der Waals surface area contributed by atoms with Crippen LogP contribution in [-0.2, 0) is 9.84 Å². The summed E-state index contributed by atoms with van der Waals surface area (Å²) in [5.74, 6) is 0.396. The highest BCUT2D eigenvalue weighted by Crippen LogP contribution is 2.16. The molecule has 0 bridgehead atoms. The Morgan fingerprint density at radius 3 is 2.30 bits per heavy atom. The van der Waals surface area contributed by atoms with Crippen molar-refractivity contribution in [2.24, 2.45) is 0 Å². The second-order valence-electron chi connectivity index (χ2n) is 5.40. The van der Waals surface area contributed by atoms with E-state index in [0.717, 1.165) is 6.54 Å². The van der Waals surface area contributed by atoms with E-state index < -0.39 is 9.84 Å². The first-order valence-corrected chi connectivity index (χ1v) is 8.83. The van der Waals surface area contributed by atoms with Crippen LogP contribution in [0.1, 0.15) is 25.5 Å². The van der Waals surface area contributed by atoms with E-state index in [-0.39, 0.29) is 23.6 Å². The lowest BCUT2D eigenvalue weighted by Gasteiger charge is -2.27. The molecule has 0 aromatic heterocycles. The van der Waals surface area contributed by atoms with Gasteiger partial charge >= 0.3 is 0 Å². The molecule has 5 heteroatoms. The van der Waals surface area contributed by atoms with Gasteiger partial charge in [0.1, 0.15) is 0 Å². The lowest BCUT2D eigenvalue weighted by molar-refractivity contribution is 0.283. The molecule has 1 aromatic rings. The quantitative estimate of drug-likeness (QED) is 0.794. The van der Waals surface area contributed by atoms with Gasteiger partial charge in [0.25, 0.3) is 0 Å². The summed E-state index contributed by atoms with van der Waals surface area (Å²) in [6, 6.07) is 10.4. The van der Waals surface area contributed by atoms with Crippen molar-refractivity contribution in [3.63, 3.8) is 0 Å². The normalized spacial score (nSPS) is 15.2. The molecule has 114 valence electrons. The van der Waals surface area contributed by atoms with Crippen LogP contribution in [0.4, 0.5) is 0 Å². The zero-order valence-corrected chi connectivity index (χ0v) is 13.7. The number of hydrogen-bond acceptors (Lipinski definition) is 4. The summed E-state index contributed by atoms with van der Waals surface area (Å²) in [6.45, 7) is 4.34. The predicted octanol–water partition coefficient (Wildman–Crippen LogP) is 1.70. The highest BCUT2D eigenvalue weighted by molar-refractivity contribution is 7.91. The number of benzene rings is 1. The van der Waals surface area contributed by atoms with Gasteiger partial charge in [-0.1, -0.05) is 37.3 Å². The Morgan fingerprint density at radius 2 is 1.80 bits per heavy atom. The van der Waals surface area contributed by atoms with E-state index in [1.165, 1.54) is 5.56 Å². The number of rotatable bonds is 8. The molecule has 4 nitrogen and oxygen atoms in total. The lowest BCUT2D eigenvalue weighted by Crippen LogP contribution is -2.39. The van der Waals surface area contributed by atoms with E-state index in [1.54, 1.807) is 6.92 Å². The molecule has 0 amide bonds. The summed E-state index contributed by atoms with van der Waals surface area (Å²) in [5, 5.41) is 3.33. The molecule has 20 heavy (non-hydrogen) atoms. The minimum atomic E-state index is -2.93. The maximum Gasteiger partial charge on any atom is 0.151 e. The van der Waals surface area contributed by atoms with Gasteiger partial charge in [-0.25, -0.2) is 8.42 Å². The molecule has 2 unspecified atom stereocenters. The van der Waals surface area contributed by atoms with Crippen LogP contribution in [-0.4, -0.2) is 51.5 Å². The van der Waals surface area contributed by atoms with E-state index in [9.17, 15) is 8.42 Å². The first kappa shape index (κ1) is 17.1. The molecular formula is C15H26N2O2S. The van der Waals surface area contributed by atoms with Gasteiger partial charge in [-0.3, -0.25) is 0 Å². The predicted molar refractivity (Wildman–Crippen MR) is 84.7 cm³/mol. The fourth-order valence-corrected chi connectivity index (χ4v) is 3.26. The van der Waals surface area contributed by atoms with E-state index >= 15 is 0 Å². The third-order valence-electron chi connectivity index (χ3n) is 3.41. The molecule has 0 spiro atoms. The van der Waals surface area contributed by atoms with Crippen molar-refractivity contribution in [2.75, 3.05) is 32.1 Å². The molecule has 0 aliphatic carbocycles. The number of nitrogens with one attached hydrogen (secondary N) is 1. The van der Waals surface area contributed by atoms with Crippen molar-refractivity contribution in [3.05, 3.63) is 35.9 Å². The van der Waals surface area contributed by atoms with E-state index in [0.29, 0.717) is 0 Å². The molecule has 1 rings (SSSR count). The molecule has 0 radical (unpaired) electrons. The minimum Gasteiger partial charge on any atom is -0.311 e. The summed E-state index contributed by atoms with van der Waals surface area (Å²) in [6.07, 6.45) is 0. The standard InChI is InChI=1S/C15H26N2O2S/c1-5-20(18,19)12-13(2)16-11-15(17(3)4)14-9-7-6-8-10-14/h6-10,13,15-16H,5,11-12H2,1-4H3. The fourth-order valence-electron chi connectivity index (χ4n) is 2.14. The van der Waals surface area contributed by atoms with Crippen molar-refractivity contribution < 1.29 is 8.42 Å². The summed E-state index contributed by atoms with van der Waals surface area (Å²) in [4.78, 5) is 2.14. The Kier molecular flexibility index (Phi) is 6.65. The van der Waals surface area contributed by atoms with Gasteiger partial charge in [0, 0.05) is 24.4 Å². The van der Waals surface area contributed by atoms with Crippen molar-refractivity contribution in [1.29, 1.82) is 0 Å². The minimum absolute atomic E-state index is 0.0360. The van der Waals surface area contributed by atoms with Gasteiger partial charge in [0.05, 0.1) is 5.75 Å². The molecular weight excluding hydrogens is 272 g/mol. The van der Waals surface area contributed by atoms with Crippen LogP contribution in [0.3, 0.4) is 0 Å². The van der Waals surface area contributed by atoms with Gasteiger partial charge in [-0.05, 0) is 26.6 Å². The van der Waals surface area contributed by atoms with Gasteiger partial charge in [-0.2, -0.15) is 0 Å². The zero-order valence-electron chi connectivity index (χ0n) is 12.8. The highest BCUT2D eigenvalue weighted by atomic mass is 32.2. The highest BCUT2D eigenvalue weighted by Gasteiger charge is 2.17. The first-order chi connectivity index (χ1) is 9.35. The topological polar surface area (TPSA) is 49.4 Å². The van der Waals surface area contributed by atoms with Crippen LogP contribution in [0.2, 0.25) is 0 Å². The molecule has 0 heterocycles. The zero-order chi connectivity index (χ0) is 15.2. The lowest BCUT2D eigenvalue weighted by atomic mass is 10.1. The van der Waals surface area contributed by atoms with Crippen LogP contribution >= 0.6 is 0 Å². The fraction of sp³-hybridized carbons (Fsp3) is 0.600. The monoisotopic (exact) mass is 298 g/mol. The Morgan fingerprint density at radius 1 is 1.20 bits per heavy atom. The SMILES string of the molecule is CCS(=O)(=O)CC(C)NCC(c1ccccc1)N(C)C. The van der Waals surface area contributed by atoms with Crippen molar-refractivity contribution in [1.82, 2.24) is 10.2 Å². The summed E-state index contributed by atoms with van der Waals surface area (Å²) < 4.78 is 23.2. The number of sulfone groups is 1. The van der Waals surface area contributed by atoms with Crippen molar-refractivity contribution >= 4 is 9.84 Å². The Labute approximate surface area is 123 Å². The third kappa shape index (κ3) is 5.61. The summed E-state index contributed by atoms with van der Waals surface area (Å²) in [7, 11) is 1.14. The maximum atomic E-state index is 11.6. The molecule has 2 atom stereocenters. The molecule has 1 aromatic carbocycles. The molecule has 0 saturated heterocycles. The van der Waals surface area contributed by atoms with E-state index in [2.05, 4.69) is 22.3 Å². The first-order valence-electron chi connectivity index (χ1n) is 7.01. The van der Waals surface area contributed by atoms with Crippen LogP contribution in [0, 0.1) is 0 Å². The molecule has 0 fully saturated rings. The van der Waals surface area contributed by atoms with Gasteiger partial charge in [0.15, 0.2) is 9.84 Å². The van der Waals surface area contributed by atoms with E-state index in [1.807, 2.05) is 39.2 Å². The van der Waals surface area contributed by atoms with E-state index in [4.69, 9.17) is 0 Å². The second-order valence-corrected chi connectivity index (χ2v) is 7.80. The number of likely N-dealkylation sites (N-methyl/N-ethyl adjacent to an activating group) is 1. The van der Waals surface area contributed by atoms with Crippen LogP contribution in [0.25, 0.3) is 0 Å². The van der Waals surface area contributed by atoms with Crippen molar-refractivity contribution in [3.8, 4) is 0 Å². The second kappa shape index (κ2) is 7.76. The molecule has 0 saturated carbocycles. The number of hydrogen-bond donors (Lipinski definition) is 1. The third-order valence-corrected chi connectivity index (χ3v) is 5.30. The van der Waals surface area contributed by atoms with Crippen LogP contribution < -0.4 is 5.32 Å². The average molecular weight is 298 g/mol. The largest absolute Gasteiger partial charge is 0.311 e. The Hall–Kier alpha value is -0.910. The molecule has 1 N–H and O–H groups in total. The summed E-state index contributed by atoms with van der Waals surface area (Å²) >= 11 is 0. The van der Waals surface area contributed by atoms with Crippen molar-refractivity contribution in [2.45, 2.75) is 25.9 Å².